The van der Waals surface area contributed by atoms with Crippen molar-refractivity contribution < 1.29 is 19.1 Å². The third-order valence-corrected chi connectivity index (χ3v) is 5.76. The van der Waals surface area contributed by atoms with Crippen LogP contribution < -0.4 is 10.6 Å². The number of benzene rings is 2. The van der Waals surface area contributed by atoms with Gasteiger partial charge < -0.3 is 20.1 Å². The van der Waals surface area contributed by atoms with Gasteiger partial charge in [0.25, 0.3) is 0 Å². The van der Waals surface area contributed by atoms with E-state index < -0.39 is 23.0 Å². The molecule has 2 atom stereocenters. The molecule has 2 unspecified atom stereocenters. The van der Waals surface area contributed by atoms with Crippen molar-refractivity contribution in [2.75, 3.05) is 24.9 Å². The van der Waals surface area contributed by atoms with Crippen molar-refractivity contribution in [3.8, 4) is 0 Å². The van der Waals surface area contributed by atoms with Crippen LogP contribution in [0.4, 0.5) is 11.4 Å². The largest absolute Gasteiger partial charge is 0.467 e. The summed E-state index contributed by atoms with van der Waals surface area (Å²) in [6, 6.07) is 8.80. The second kappa shape index (κ2) is 8.00. The molecule has 1 aliphatic heterocycles. The molecule has 0 aromatic heterocycles. The summed E-state index contributed by atoms with van der Waals surface area (Å²) in [5.41, 5.74) is 1.15. The summed E-state index contributed by atoms with van der Waals surface area (Å²) in [6.45, 7) is 5.56. The van der Waals surface area contributed by atoms with Crippen LogP contribution in [0.15, 0.2) is 30.3 Å². The molecule has 0 fully saturated rings. The summed E-state index contributed by atoms with van der Waals surface area (Å²) >= 11 is 12.4. The maximum absolute atomic E-state index is 13.3. The van der Waals surface area contributed by atoms with E-state index in [-0.39, 0.29) is 6.42 Å². The first-order valence-electron chi connectivity index (χ1n) is 9.35. The van der Waals surface area contributed by atoms with Gasteiger partial charge in [0.05, 0.1) is 14.2 Å². The van der Waals surface area contributed by atoms with E-state index in [0.29, 0.717) is 27.0 Å². The van der Waals surface area contributed by atoms with Gasteiger partial charge in [0.2, 0.25) is 0 Å². The number of esters is 2. The Kier molecular flexibility index (Phi) is 5.94. The SMILES string of the molecule is COC(=O)C1(C)CC(Nc2cc(Cl)cc(Cl)c2)(C(=O)OC)c2c(C)cc(C)cc2N1. The van der Waals surface area contributed by atoms with Crippen molar-refractivity contribution in [2.24, 2.45) is 0 Å². The lowest BCUT2D eigenvalue weighted by molar-refractivity contribution is -0.151. The molecule has 0 bridgehead atoms. The summed E-state index contributed by atoms with van der Waals surface area (Å²) in [7, 11) is 2.63. The minimum absolute atomic E-state index is 0.0420. The predicted molar refractivity (Wildman–Crippen MR) is 118 cm³/mol. The molecule has 1 heterocycles. The smallest absolute Gasteiger partial charge is 0.336 e. The maximum atomic E-state index is 13.3. The number of aryl methyl sites for hydroxylation is 2. The topological polar surface area (TPSA) is 76.7 Å². The maximum Gasteiger partial charge on any atom is 0.336 e. The third-order valence-electron chi connectivity index (χ3n) is 5.33. The number of anilines is 2. The number of carbonyl (C=O) groups is 2. The fourth-order valence-electron chi connectivity index (χ4n) is 4.32. The summed E-state index contributed by atoms with van der Waals surface area (Å²) in [5, 5.41) is 7.38. The summed E-state index contributed by atoms with van der Waals surface area (Å²) in [5.74, 6) is -1.03. The van der Waals surface area contributed by atoms with Gasteiger partial charge in [-0.3, -0.25) is 0 Å². The van der Waals surface area contributed by atoms with Gasteiger partial charge in [-0.15, -0.1) is 0 Å². The van der Waals surface area contributed by atoms with E-state index in [4.69, 9.17) is 32.7 Å². The van der Waals surface area contributed by atoms with Crippen LogP contribution in [0.2, 0.25) is 10.0 Å². The van der Waals surface area contributed by atoms with Crippen molar-refractivity contribution in [3.63, 3.8) is 0 Å². The average molecular weight is 451 g/mol. The Balaban J connectivity index is 2.31. The molecule has 0 radical (unpaired) electrons. The van der Waals surface area contributed by atoms with Crippen LogP contribution in [0.5, 0.6) is 0 Å². The van der Waals surface area contributed by atoms with E-state index >= 15 is 0 Å². The fourth-order valence-corrected chi connectivity index (χ4v) is 4.85. The third kappa shape index (κ3) is 3.82. The molecule has 3 rings (SSSR count). The molecule has 2 aromatic rings. The van der Waals surface area contributed by atoms with Crippen LogP contribution in [0.3, 0.4) is 0 Å². The van der Waals surface area contributed by atoms with Crippen molar-refractivity contribution in [3.05, 3.63) is 57.1 Å². The predicted octanol–water partition coefficient (Wildman–Crippen LogP) is 4.84. The Morgan fingerprint density at radius 1 is 1.00 bits per heavy atom. The highest BCUT2D eigenvalue weighted by molar-refractivity contribution is 6.35. The zero-order chi connectivity index (χ0) is 22.3. The van der Waals surface area contributed by atoms with Gasteiger partial charge in [0.1, 0.15) is 5.54 Å². The number of hydrogen-bond donors (Lipinski definition) is 2. The number of methoxy groups -OCH3 is 2. The molecule has 2 aromatic carbocycles. The fraction of sp³-hybridized carbons (Fsp3) is 0.364. The Morgan fingerprint density at radius 3 is 2.17 bits per heavy atom. The van der Waals surface area contributed by atoms with E-state index in [1.54, 1.807) is 25.1 Å². The summed E-state index contributed by atoms with van der Waals surface area (Å²) in [6.07, 6.45) is 0.0420. The molecular weight excluding hydrogens is 427 g/mol. The number of nitrogens with one attached hydrogen (secondary N) is 2. The van der Waals surface area contributed by atoms with Crippen molar-refractivity contribution in [1.82, 2.24) is 0 Å². The van der Waals surface area contributed by atoms with E-state index in [2.05, 4.69) is 10.6 Å². The Labute approximate surface area is 185 Å². The van der Waals surface area contributed by atoms with Crippen LogP contribution in [0.25, 0.3) is 0 Å². The van der Waals surface area contributed by atoms with Crippen LogP contribution in [0.1, 0.15) is 30.0 Å². The lowest BCUT2D eigenvalue weighted by atomic mass is 9.72. The minimum atomic E-state index is -1.38. The van der Waals surface area contributed by atoms with E-state index in [1.807, 2.05) is 26.0 Å². The Hall–Kier alpha value is -2.44. The number of hydrogen-bond acceptors (Lipinski definition) is 6. The Morgan fingerprint density at radius 2 is 1.60 bits per heavy atom. The van der Waals surface area contributed by atoms with E-state index in [1.165, 1.54) is 14.2 Å². The molecule has 0 spiro atoms. The second-order valence-corrected chi connectivity index (χ2v) is 8.68. The highest BCUT2D eigenvalue weighted by atomic mass is 35.5. The first-order valence-corrected chi connectivity index (χ1v) is 10.1. The first-order chi connectivity index (χ1) is 14.0. The normalized spacial score (nSPS) is 22.5. The monoisotopic (exact) mass is 450 g/mol. The molecule has 0 saturated heterocycles. The van der Waals surface area contributed by atoms with Gasteiger partial charge in [-0.1, -0.05) is 29.3 Å². The van der Waals surface area contributed by atoms with Crippen molar-refractivity contribution in [2.45, 2.75) is 38.3 Å². The van der Waals surface area contributed by atoms with Crippen LogP contribution in [-0.2, 0) is 24.6 Å². The first kappa shape index (κ1) is 22.2. The minimum Gasteiger partial charge on any atom is -0.467 e. The number of halogens is 2. The molecule has 0 aliphatic carbocycles. The molecule has 0 amide bonds. The van der Waals surface area contributed by atoms with Crippen LogP contribution in [0, 0.1) is 13.8 Å². The zero-order valence-corrected chi connectivity index (χ0v) is 19.0. The molecule has 8 heteroatoms. The lowest BCUT2D eigenvalue weighted by Crippen LogP contribution is -2.59. The standard InChI is InChI=1S/C22H24Cl2N2O4/c1-12-6-13(2)18-17(7-12)26-21(3,19(27)29-4)11-22(18,20(28)30-5)25-16-9-14(23)8-15(24)10-16/h6-10,25-26H,11H2,1-5H3. The molecule has 1 aliphatic rings. The van der Waals surface area contributed by atoms with Gasteiger partial charge >= 0.3 is 11.9 Å². The average Bonchev–Trinajstić information content (AvgIpc) is 2.64. The van der Waals surface area contributed by atoms with Gasteiger partial charge in [0, 0.05) is 33.4 Å². The number of ether oxygens (including phenoxy) is 2. The molecular formula is C22H24Cl2N2O4. The number of rotatable bonds is 4. The van der Waals surface area contributed by atoms with E-state index in [0.717, 1.165) is 11.1 Å². The molecule has 160 valence electrons. The van der Waals surface area contributed by atoms with Crippen LogP contribution in [-0.4, -0.2) is 31.7 Å². The second-order valence-electron chi connectivity index (χ2n) is 7.81. The van der Waals surface area contributed by atoms with Gasteiger partial charge in [-0.05, 0) is 56.2 Å². The number of carbonyl (C=O) groups excluding carboxylic acids is 2. The Bertz CT molecular complexity index is 1010. The molecule has 30 heavy (non-hydrogen) atoms. The number of fused-ring (bicyclic) bond motifs is 1. The van der Waals surface area contributed by atoms with Gasteiger partial charge in [-0.2, -0.15) is 0 Å². The molecule has 2 N–H and O–H groups in total. The lowest BCUT2D eigenvalue weighted by Gasteiger charge is -2.46. The van der Waals surface area contributed by atoms with Crippen LogP contribution >= 0.6 is 23.2 Å². The van der Waals surface area contributed by atoms with E-state index in [9.17, 15) is 9.59 Å². The molecule has 6 nitrogen and oxygen atoms in total. The summed E-state index contributed by atoms with van der Waals surface area (Å²) < 4.78 is 10.3. The quantitative estimate of drug-likeness (QED) is 0.648. The van der Waals surface area contributed by atoms with Gasteiger partial charge in [0.15, 0.2) is 5.54 Å². The van der Waals surface area contributed by atoms with Crippen molar-refractivity contribution in [1.29, 1.82) is 0 Å². The highest BCUT2D eigenvalue weighted by Gasteiger charge is 2.55. The van der Waals surface area contributed by atoms with Gasteiger partial charge in [-0.25, -0.2) is 9.59 Å². The molecule has 0 saturated carbocycles. The zero-order valence-electron chi connectivity index (χ0n) is 17.5. The van der Waals surface area contributed by atoms with Crippen molar-refractivity contribution >= 4 is 46.5 Å². The summed E-state index contributed by atoms with van der Waals surface area (Å²) in [4.78, 5) is 26.1. The highest BCUT2D eigenvalue weighted by Crippen LogP contribution is 2.47.